The largest absolute Gasteiger partial charge is 0.352 e. The number of fused-ring (bicyclic) bond motifs is 1. The van der Waals surface area contributed by atoms with Crippen LogP contribution in [0.1, 0.15) is 23.2 Å². The first-order valence-corrected chi connectivity index (χ1v) is 8.45. The molecular formula is C18H17ClN4O3. The summed E-state index contributed by atoms with van der Waals surface area (Å²) in [5, 5.41) is 6.10. The predicted molar refractivity (Wildman–Crippen MR) is 101 cm³/mol. The Kier molecular flexibility index (Phi) is 5.38. The van der Waals surface area contributed by atoms with E-state index >= 15 is 0 Å². The third kappa shape index (κ3) is 4.52. The molecule has 0 bridgehead atoms. The second-order valence-corrected chi connectivity index (χ2v) is 6.19. The number of carbonyl (C=O) groups is 2. The fourth-order valence-electron chi connectivity index (χ4n) is 2.49. The normalized spacial score (nSPS) is 10.7. The molecule has 0 saturated carbocycles. The van der Waals surface area contributed by atoms with E-state index < -0.39 is 0 Å². The number of amides is 2. The monoisotopic (exact) mass is 372 g/mol. The highest BCUT2D eigenvalue weighted by atomic mass is 35.5. The van der Waals surface area contributed by atoms with E-state index in [1.807, 2.05) is 0 Å². The number of halogens is 1. The summed E-state index contributed by atoms with van der Waals surface area (Å²) in [6, 6.07) is 11.7. The minimum absolute atomic E-state index is 0.164. The molecule has 1 aromatic heterocycles. The zero-order valence-corrected chi connectivity index (χ0v) is 14.5. The number of rotatable bonds is 6. The van der Waals surface area contributed by atoms with Crippen LogP contribution in [0.15, 0.2) is 47.3 Å². The smallest absolute Gasteiger partial charge is 0.323 e. The van der Waals surface area contributed by atoms with Crippen LogP contribution in [-0.4, -0.2) is 28.3 Å². The maximum absolute atomic E-state index is 12.0. The van der Waals surface area contributed by atoms with Gasteiger partial charge in [-0.1, -0.05) is 11.6 Å². The van der Waals surface area contributed by atoms with E-state index in [1.165, 1.54) is 0 Å². The van der Waals surface area contributed by atoms with Crippen molar-refractivity contribution in [3.63, 3.8) is 0 Å². The molecule has 0 spiro atoms. The number of aromatic nitrogens is 2. The number of nitrogens with one attached hydrogen (secondary N) is 4. The van der Waals surface area contributed by atoms with Gasteiger partial charge in [-0.05, 0) is 48.9 Å². The molecule has 7 nitrogen and oxygen atoms in total. The second kappa shape index (κ2) is 7.88. The molecule has 8 heteroatoms. The summed E-state index contributed by atoms with van der Waals surface area (Å²) in [5.74, 6) is -0.369. The molecule has 2 aromatic carbocycles. The summed E-state index contributed by atoms with van der Waals surface area (Å²) in [4.78, 5) is 40.4. The fourth-order valence-corrected chi connectivity index (χ4v) is 2.61. The lowest BCUT2D eigenvalue weighted by atomic mass is 10.2. The Labute approximate surface area is 153 Å². The topological polar surface area (TPSA) is 107 Å². The Bertz CT molecular complexity index is 992. The van der Waals surface area contributed by atoms with Gasteiger partial charge in [-0.25, -0.2) is 4.79 Å². The molecule has 1 heterocycles. The number of aromatic amines is 2. The molecule has 0 unspecified atom stereocenters. The van der Waals surface area contributed by atoms with Crippen LogP contribution < -0.4 is 16.3 Å². The highest BCUT2D eigenvalue weighted by molar-refractivity contribution is 6.30. The molecule has 0 aliphatic rings. The lowest BCUT2D eigenvalue weighted by Crippen LogP contribution is -2.25. The van der Waals surface area contributed by atoms with Crippen molar-refractivity contribution in [1.82, 2.24) is 15.3 Å². The first kappa shape index (κ1) is 17.8. The minimum Gasteiger partial charge on any atom is -0.352 e. The van der Waals surface area contributed by atoms with Crippen molar-refractivity contribution < 1.29 is 9.59 Å². The quantitative estimate of drug-likeness (QED) is 0.499. The van der Waals surface area contributed by atoms with E-state index in [4.69, 9.17) is 11.6 Å². The first-order chi connectivity index (χ1) is 12.5. The highest BCUT2D eigenvalue weighted by Crippen LogP contribution is 2.15. The number of anilines is 1. The minimum atomic E-state index is -0.292. The van der Waals surface area contributed by atoms with Gasteiger partial charge in [0.15, 0.2) is 0 Å². The van der Waals surface area contributed by atoms with E-state index in [2.05, 4.69) is 20.6 Å². The number of carbonyl (C=O) groups excluding carboxylic acids is 2. The summed E-state index contributed by atoms with van der Waals surface area (Å²) >= 11 is 5.78. The fraction of sp³-hybridized carbons (Fsp3) is 0.167. The van der Waals surface area contributed by atoms with E-state index in [1.54, 1.807) is 42.5 Å². The van der Waals surface area contributed by atoms with Crippen molar-refractivity contribution in [2.45, 2.75) is 12.8 Å². The molecular weight excluding hydrogens is 356 g/mol. The third-order valence-electron chi connectivity index (χ3n) is 3.77. The molecule has 3 aromatic rings. The van der Waals surface area contributed by atoms with E-state index in [-0.39, 0.29) is 23.9 Å². The Morgan fingerprint density at radius 1 is 1.00 bits per heavy atom. The van der Waals surface area contributed by atoms with Gasteiger partial charge >= 0.3 is 5.69 Å². The molecule has 0 fully saturated rings. The summed E-state index contributed by atoms with van der Waals surface area (Å²) in [5.41, 5.74) is 2.14. The highest BCUT2D eigenvalue weighted by Gasteiger charge is 2.07. The van der Waals surface area contributed by atoms with Crippen molar-refractivity contribution in [2.75, 3.05) is 11.9 Å². The lowest BCUT2D eigenvalue weighted by molar-refractivity contribution is -0.116. The maximum Gasteiger partial charge on any atom is 0.323 e. The van der Waals surface area contributed by atoms with Gasteiger partial charge in [0.05, 0.1) is 11.0 Å². The molecule has 2 amide bonds. The van der Waals surface area contributed by atoms with Gasteiger partial charge in [0.1, 0.15) is 0 Å². The molecule has 3 rings (SSSR count). The van der Waals surface area contributed by atoms with Gasteiger partial charge < -0.3 is 20.6 Å². The Hall–Kier alpha value is -3.06. The third-order valence-corrected chi connectivity index (χ3v) is 4.02. The number of hydrogen-bond acceptors (Lipinski definition) is 3. The molecule has 0 atom stereocenters. The van der Waals surface area contributed by atoms with Crippen LogP contribution in [0.3, 0.4) is 0 Å². The molecule has 26 heavy (non-hydrogen) atoms. The summed E-state index contributed by atoms with van der Waals surface area (Å²) in [6.45, 7) is 0.388. The van der Waals surface area contributed by atoms with Gasteiger partial charge in [0.2, 0.25) is 5.91 Å². The Morgan fingerprint density at radius 2 is 1.73 bits per heavy atom. The molecule has 4 N–H and O–H groups in total. The van der Waals surface area contributed by atoms with E-state index in [0.29, 0.717) is 40.3 Å². The van der Waals surface area contributed by atoms with Crippen molar-refractivity contribution in [2.24, 2.45) is 0 Å². The van der Waals surface area contributed by atoms with Crippen LogP contribution in [0.5, 0.6) is 0 Å². The van der Waals surface area contributed by atoms with Crippen LogP contribution in [0.4, 0.5) is 5.69 Å². The summed E-state index contributed by atoms with van der Waals surface area (Å²) < 4.78 is 0. The van der Waals surface area contributed by atoms with Gasteiger partial charge in [-0.15, -0.1) is 0 Å². The average molecular weight is 373 g/mol. The second-order valence-electron chi connectivity index (χ2n) is 5.75. The number of benzene rings is 2. The van der Waals surface area contributed by atoms with Crippen LogP contribution in [0.25, 0.3) is 11.0 Å². The number of imidazole rings is 1. The van der Waals surface area contributed by atoms with Gasteiger partial charge in [0.25, 0.3) is 5.91 Å². The van der Waals surface area contributed by atoms with Crippen LogP contribution in [0.2, 0.25) is 5.02 Å². The van der Waals surface area contributed by atoms with Crippen LogP contribution in [-0.2, 0) is 4.79 Å². The van der Waals surface area contributed by atoms with Crippen LogP contribution in [0, 0.1) is 0 Å². The molecule has 0 radical (unpaired) electrons. The zero-order chi connectivity index (χ0) is 18.5. The summed E-state index contributed by atoms with van der Waals surface area (Å²) in [6.07, 6.45) is 0.775. The Balaban J connectivity index is 1.44. The van der Waals surface area contributed by atoms with E-state index in [0.717, 1.165) is 0 Å². The van der Waals surface area contributed by atoms with E-state index in [9.17, 15) is 14.4 Å². The molecule has 0 aliphatic heterocycles. The van der Waals surface area contributed by atoms with Gasteiger partial charge in [0, 0.05) is 29.2 Å². The number of hydrogen-bond donors (Lipinski definition) is 4. The lowest BCUT2D eigenvalue weighted by Gasteiger charge is -2.07. The summed E-state index contributed by atoms with van der Waals surface area (Å²) in [7, 11) is 0. The first-order valence-electron chi connectivity index (χ1n) is 8.07. The SMILES string of the molecule is O=C(CCCNC(=O)c1ccc(Cl)cc1)Nc1ccc2[nH]c(=O)[nH]c2c1. The van der Waals surface area contributed by atoms with Gasteiger partial charge in [-0.2, -0.15) is 0 Å². The van der Waals surface area contributed by atoms with Crippen LogP contribution >= 0.6 is 11.6 Å². The standard InChI is InChI=1S/C18H17ClN4O3/c19-12-5-3-11(4-6-12)17(25)20-9-1-2-16(24)21-13-7-8-14-15(10-13)23-18(26)22-14/h3-8,10H,1-2,9H2,(H,20,25)(H,21,24)(H2,22,23,26). The average Bonchev–Trinajstić information content (AvgIpc) is 2.98. The molecule has 0 aliphatic carbocycles. The maximum atomic E-state index is 12.0. The van der Waals surface area contributed by atoms with Gasteiger partial charge in [-0.3, -0.25) is 9.59 Å². The molecule has 134 valence electrons. The number of H-pyrrole nitrogens is 2. The Morgan fingerprint density at radius 3 is 2.50 bits per heavy atom. The van der Waals surface area contributed by atoms with Crippen molar-refractivity contribution in [1.29, 1.82) is 0 Å². The van der Waals surface area contributed by atoms with Crippen molar-refractivity contribution >= 4 is 40.1 Å². The zero-order valence-electron chi connectivity index (χ0n) is 13.8. The molecule has 0 saturated heterocycles. The predicted octanol–water partition coefficient (Wildman–Crippen LogP) is 2.66. The van der Waals surface area contributed by atoms with Crippen molar-refractivity contribution in [3.05, 3.63) is 63.5 Å². The van der Waals surface area contributed by atoms with Crippen molar-refractivity contribution in [3.8, 4) is 0 Å².